The van der Waals surface area contributed by atoms with Crippen molar-refractivity contribution in [2.45, 2.75) is 33.2 Å². The summed E-state index contributed by atoms with van der Waals surface area (Å²) in [6.07, 6.45) is 4.22. The molecule has 0 saturated heterocycles. The molecular weight excluding hydrogens is 150 g/mol. The Morgan fingerprint density at radius 3 is 2.83 bits per heavy atom. The van der Waals surface area contributed by atoms with Crippen LogP contribution >= 0.6 is 0 Å². The van der Waals surface area contributed by atoms with Crippen LogP contribution in [0.5, 0.6) is 0 Å². The zero-order valence-electron chi connectivity index (χ0n) is 7.71. The molecule has 0 aliphatic heterocycles. The van der Waals surface area contributed by atoms with E-state index in [0.29, 0.717) is 0 Å². The van der Waals surface area contributed by atoms with Gasteiger partial charge in [0.15, 0.2) is 5.43 Å². The third-order valence-electron chi connectivity index (χ3n) is 1.98. The van der Waals surface area contributed by atoms with Crippen LogP contribution in [0.1, 0.15) is 25.5 Å². The van der Waals surface area contributed by atoms with Crippen molar-refractivity contribution in [1.82, 2.24) is 4.57 Å². The summed E-state index contributed by atoms with van der Waals surface area (Å²) in [5.74, 6) is 0. The Hall–Kier alpha value is -1.05. The summed E-state index contributed by atoms with van der Waals surface area (Å²) in [7, 11) is 0. The minimum atomic E-state index is 0.0975. The number of pyridine rings is 1. The van der Waals surface area contributed by atoms with Crippen molar-refractivity contribution in [2.24, 2.45) is 0 Å². The van der Waals surface area contributed by atoms with Gasteiger partial charge in [0.25, 0.3) is 0 Å². The highest BCUT2D eigenvalue weighted by atomic mass is 16.1. The molecular formula is C10H15NO. The highest BCUT2D eigenvalue weighted by Crippen LogP contribution is 1.98. The van der Waals surface area contributed by atoms with Crippen LogP contribution in [0, 0.1) is 6.92 Å². The number of nitrogens with zero attached hydrogens (tertiary/aromatic N) is 1. The van der Waals surface area contributed by atoms with Gasteiger partial charge in [-0.15, -0.1) is 0 Å². The van der Waals surface area contributed by atoms with E-state index >= 15 is 0 Å². The van der Waals surface area contributed by atoms with Gasteiger partial charge in [-0.2, -0.15) is 0 Å². The van der Waals surface area contributed by atoms with Gasteiger partial charge in [-0.05, 0) is 13.3 Å². The lowest BCUT2D eigenvalue weighted by molar-refractivity contribution is 0.614. The molecule has 0 saturated carbocycles. The molecule has 0 amide bonds. The molecule has 0 N–H and O–H groups in total. The van der Waals surface area contributed by atoms with E-state index in [9.17, 15) is 4.79 Å². The van der Waals surface area contributed by atoms with Gasteiger partial charge < -0.3 is 4.57 Å². The predicted molar refractivity (Wildman–Crippen MR) is 50.3 cm³/mol. The molecule has 0 aromatic carbocycles. The van der Waals surface area contributed by atoms with E-state index in [2.05, 4.69) is 11.5 Å². The summed E-state index contributed by atoms with van der Waals surface area (Å²) < 4.78 is 2.12. The molecule has 12 heavy (non-hydrogen) atoms. The topological polar surface area (TPSA) is 22.0 Å². The highest BCUT2D eigenvalue weighted by Gasteiger charge is 1.93. The Kier molecular flexibility index (Phi) is 3.09. The average molecular weight is 165 g/mol. The normalized spacial score (nSPS) is 10.2. The number of hydrogen-bond acceptors (Lipinski definition) is 1. The van der Waals surface area contributed by atoms with Crippen molar-refractivity contribution in [3.05, 3.63) is 34.2 Å². The summed E-state index contributed by atoms with van der Waals surface area (Å²) in [5, 5.41) is 0. The van der Waals surface area contributed by atoms with Gasteiger partial charge in [0, 0.05) is 30.6 Å². The van der Waals surface area contributed by atoms with Crippen LogP contribution in [-0.4, -0.2) is 4.57 Å². The van der Waals surface area contributed by atoms with Gasteiger partial charge in [-0.1, -0.05) is 13.3 Å². The summed E-state index contributed by atoms with van der Waals surface area (Å²) in [4.78, 5) is 10.9. The van der Waals surface area contributed by atoms with Crippen molar-refractivity contribution in [2.75, 3.05) is 0 Å². The molecule has 1 aromatic heterocycles. The van der Waals surface area contributed by atoms with E-state index < -0.39 is 0 Å². The third-order valence-corrected chi connectivity index (χ3v) is 1.98. The molecule has 2 heteroatoms. The second kappa shape index (κ2) is 4.10. The van der Waals surface area contributed by atoms with Gasteiger partial charge in [-0.25, -0.2) is 0 Å². The zero-order chi connectivity index (χ0) is 8.97. The second-order valence-corrected chi connectivity index (χ2v) is 3.05. The number of aryl methyl sites for hydroxylation is 2. The lowest BCUT2D eigenvalue weighted by Crippen LogP contribution is -2.08. The third kappa shape index (κ3) is 2.22. The molecule has 0 spiro atoms. The van der Waals surface area contributed by atoms with E-state index in [4.69, 9.17) is 0 Å². The Morgan fingerprint density at radius 1 is 1.50 bits per heavy atom. The van der Waals surface area contributed by atoms with Gasteiger partial charge >= 0.3 is 0 Å². The van der Waals surface area contributed by atoms with E-state index in [0.717, 1.165) is 12.2 Å². The first kappa shape index (κ1) is 9.04. The maximum atomic E-state index is 10.9. The molecule has 0 bridgehead atoms. The fourth-order valence-electron chi connectivity index (χ4n) is 1.20. The van der Waals surface area contributed by atoms with Crippen molar-refractivity contribution in [3.63, 3.8) is 0 Å². The first-order valence-corrected chi connectivity index (χ1v) is 4.41. The number of unbranched alkanes of at least 4 members (excludes halogenated alkanes) is 1. The molecule has 0 radical (unpaired) electrons. The molecule has 0 aliphatic rings. The van der Waals surface area contributed by atoms with Crippen LogP contribution in [0.3, 0.4) is 0 Å². The maximum Gasteiger partial charge on any atom is 0.181 e. The second-order valence-electron chi connectivity index (χ2n) is 3.05. The number of hydrogen-bond donors (Lipinski definition) is 0. The molecule has 66 valence electrons. The summed E-state index contributed by atoms with van der Waals surface area (Å²) in [5.41, 5.74) is 1.15. The Balaban J connectivity index is 2.79. The fourth-order valence-corrected chi connectivity index (χ4v) is 1.20. The smallest absolute Gasteiger partial charge is 0.181 e. The van der Waals surface area contributed by atoms with Gasteiger partial charge in [0.1, 0.15) is 0 Å². The van der Waals surface area contributed by atoms with E-state index in [1.54, 1.807) is 12.1 Å². The lowest BCUT2D eigenvalue weighted by Gasteiger charge is -2.08. The first-order valence-electron chi connectivity index (χ1n) is 4.41. The summed E-state index contributed by atoms with van der Waals surface area (Å²) in [6.45, 7) is 5.15. The van der Waals surface area contributed by atoms with Gasteiger partial charge in [0.05, 0.1) is 0 Å². The number of aromatic nitrogens is 1. The monoisotopic (exact) mass is 165 g/mol. The minimum Gasteiger partial charge on any atom is -0.351 e. The minimum absolute atomic E-state index is 0.0975. The molecule has 0 atom stereocenters. The zero-order valence-corrected chi connectivity index (χ0v) is 7.71. The lowest BCUT2D eigenvalue weighted by atomic mass is 10.3. The molecule has 1 rings (SSSR count). The quantitative estimate of drug-likeness (QED) is 0.671. The SMILES string of the molecule is CCCCn1ccc(=O)cc1C. The molecule has 0 aliphatic carbocycles. The first-order chi connectivity index (χ1) is 5.74. The Labute approximate surface area is 72.8 Å². The van der Waals surface area contributed by atoms with E-state index in [1.165, 1.54) is 12.8 Å². The summed E-state index contributed by atoms with van der Waals surface area (Å²) in [6, 6.07) is 3.29. The van der Waals surface area contributed by atoms with Crippen LogP contribution in [0.2, 0.25) is 0 Å². The molecule has 0 unspecified atom stereocenters. The molecule has 1 heterocycles. The number of rotatable bonds is 3. The molecule has 1 aromatic rings. The van der Waals surface area contributed by atoms with Crippen LogP contribution in [0.4, 0.5) is 0 Å². The molecule has 2 nitrogen and oxygen atoms in total. The van der Waals surface area contributed by atoms with E-state index in [-0.39, 0.29) is 5.43 Å². The highest BCUT2D eigenvalue weighted by molar-refractivity contribution is 5.04. The van der Waals surface area contributed by atoms with Crippen molar-refractivity contribution in [3.8, 4) is 0 Å². The van der Waals surface area contributed by atoms with Crippen molar-refractivity contribution < 1.29 is 0 Å². The molecule has 0 fully saturated rings. The van der Waals surface area contributed by atoms with Gasteiger partial charge in [-0.3, -0.25) is 4.79 Å². The van der Waals surface area contributed by atoms with Crippen LogP contribution in [0.15, 0.2) is 23.1 Å². The predicted octanol–water partition coefficient (Wildman–Crippen LogP) is 1.96. The largest absolute Gasteiger partial charge is 0.351 e. The summed E-state index contributed by atoms with van der Waals surface area (Å²) >= 11 is 0. The van der Waals surface area contributed by atoms with Gasteiger partial charge in [0.2, 0.25) is 0 Å². The van der Waals surface area contributed by atoms with Crippen molar-refractivity contribution in [1.29, 1.82) is 0 Å². The standard InChI is InChI=1S/C10H15NO/c1-3-4-6-11-7-5-10(12)8-9(11)2/h5,7-8H,3-4,6H2,1-2H3. The Bertz CT molecular complexity index is 301. The maximum absolute atomic E-state index is 10.9. The van der Waals surface area contributed by atoms with Crippen LogP contribution in [-0.2, 0) is 6.54 Å². The van der Waals surface area contributed by atoms with Crippen molar-refractivity contribution >= 4 is 0 Å². The Morgan fingerprint density at radius 2 is 2.25 bits per heavy atom. The van der Waals surface area contributed by atoms with Crippen LogP contribution < -0.4 is 5.43 Å². The van der Waals surface area contributed by atoms with E-state index in [1.807, 2.05) is 13.1 Å². The van der Waals surface area contributed by atoms with Crippen LogP contribution in [0.25, 0.3) is 0 Å². The average Bonchev–Trinajstić information content (AvgIpc) is 2.03. The fraction of sp³-hybridized carbons (Fsp3) is 0.500.